The van der Waals surface area contributed by atoms with Crippen LogP contribution in [0, 0.1) is 0 Å². The lowest BCUT2D eigenvalue weighted by Crippen LogP contribution is -2.09. The van der Waals surface area contributed by atoms with Gasteiger partial charge >= 0.3 is 0 Å². The number of ketones is 1. The van der Waals surface area contributed by atoms with Gasteiger partial charge < -0.3 is 5.11 Å². The van der Waals surface area contributed by atoms with E-state index in [1.54, 1.807) is 10.9 Å². The second kappa shape index (κ2) is 3.65. The molecule has 1 fully saturated rings. The Balaban J connectivity index is 2.27. The van der Waals surface area contributed by atoms with E-state index in [1.165, 1.54) is 6.92 Å². The van der Waals surface area contributed by atoms with E-state index in [2.05, 4.69) is 5.10 Å². The molecule has 0 spiro atoms. The van der Waals surface area contributed by atoms with Crippen molar-refractivity contribution in [3.63, 3.8) is 0 Å². The number of thioether (sulfide) groups is 1. The van der Waals surface area contributed by atoms with Gasteiger partial charge in [0.2, 0.25) is 0 Å². The van der Waals surface area contributed by atoms with Crippen LogP contribution in [0.15, 0.2) is 6.20 Å². The lowest BCUT2D eigenvalue weighted by molar-refractivity contribution is 0.100. The number of hydrogen-bond donors (Lipinski definition) is 1. The number of rotatable bonds is 2. The van der Waals surface area contributed by atoms with Gasteiger partial charge in [-0.2, -0.15) is 16.9 Å². The summed E-state index contributed by atoms with van der Waals surface area (Å²) < 4.78 is 1.71. The molecule has 1 aromatic heterocycles. The van der Waals surface area contributed by atoms with E-state index in [-0.39, 0.29) is 17.2 Å². The van der Waals surface area contributed by atoms with Gasteiger partial charge in [0.05, 0.1) is 12.2 Å². The molecule has 1 aliphatic heterocycles. The third-order valence-corrected chi connectivity index (χ3v) is 3.47. The maximum atomic E-state index is 11.1. The van der Waals surface area contributed by atoms with Gasteiger partial charge in [-0.25, -0.2) is 0 Å². The first-order valence-electron chi connectivity index (χ1n) is 4.55. The summed E-state index contributed by atoms with van der Waals surface area (Å²) in [5.74, 6) is 1.94. The minimum atomic E-state index is -0.188. The average molecular weight is 212 g/mol. The predicted octanol–water partition coefficient (Wildman–Crippen LogP) is 1.47. The Kier molecular flexibility index (Phi) is 2.50. The van der Waals surface area contributed by atoms with Gasteiger partial charge in [0.15, 0.2) is 17.2 Å². The second-order valence-corrected chi connectivity index (χ2v) is 4.57. The van der Waals surface area contributed by atoms with E-state index in [0.29, 0.717) is 6.04 Å². The standard InChI is InChI=1S/C9H12N2O2S/c1-6(12)9-8(13)4-11(10-9)7-2-3-14-5-7/h4,7,13H,2-3,5H2,1H3. The zero-order valence-electron chi connectivity index (χ0n) is 7.93. The van der Waals surface area contributed by atoms with Crippen LogP contribution in [0.25, 0.3) is 0 Å². The second-order valence-electron chi connectivity index (χ2n) is 3.42. The third-order valence-electron chi connectivity index (χ3n) is 2.33. The van der Waals surface area contributed by atoms with Crippen LogP contribution in [0.4, 0.5) is 0 Å². The van der Waals surface area contributed by atoms with Crippen LogP contribution in [0.2, 0.25) is 0 Å². The zero-order valence-corrected chi connectivity index (χ0v) is 8.75. The number of aromatic hydroxyl groups is 1. The lowest BCUT2D eigenvalue weighted by atomic mass is 10.3. The number of hydrogen-bond acceptors (Lipinski definition) is 4. The molecule has 0 saturated carbocycles. The number of nitrogens with zero attached hydrogens (tertiary/aromatic N) is 2. The summed E-state index contributed by atoms with van der Waals surface area (Å²) in [4.78, 5) is 11.1. The molecule has 0 bridgehead atoms. The highest BCUT2D eigenvalue weighted by Gasteiger charge is 2.21. The van der Waals surface area contributed by atoms with Gasteiger partial charge in [-0.15, -0.1) is 0 Å². The maximum Gasteiger partial charge on any atom is 0.183 e. The molecule has 1 aliphatic rings. The zero-order chi connectivity index (χ0) is 10.1. The van der Waals surface area contributed by atoms with Crippen molar-refractivity contribution in [3.05, 3.63) is 11.9 Å². The number of Topliss-reactive ketones (excluding diaryl/α,β-unsaturated/α-hetero) is 1. The summed E-state index contributed by atoms with van der Waals surface area (Å²) in [7, 11) is 0. The Morgan fingerprint density at radius 3 is 3.07 bits per heavy atom. The van der Waals surface area contributed by atoms with Crippen LogP contribution in [0.5, 0.6) is 5.75 Å². The molecule has 0 amide bonds. The van der Waals surface area contributed by atoms with Crippen LogP contribution in [-0.4, -0.2) is 32.2 Å². The first-order chi connectivity index (χ1) is 6.68. The fraction of sp³-hybridized carbons (Fsp3) is 0.556. The summed E-state index contributed by atoms with van der Waals surface area (Å²) in [6, 6.07) is 0.332. The van der Waals surface area contributed by atoms with Gasteiger partial charge in [0.1, 0.15) is 0 Å². The molecule has 1 aromatic rings. The minimum Gasteiger partial charge on any atom is -0.504 e. The molecule has 2 heterocycles. The van der Waals surface area contributed by atoms with Crippen molar-refractivity contribution < 1.29 is 9.90 Å². The molecule has 1 N–H and O–H groups in total. The first kappa shape index (κ1) is 9.58. The van der Waals surface area contributed by atoms with Gasteiger partial charge in [-0.1, -0.05) is 0 Å². The molecule has 1 saturated heterocycles. The number of carbonyl (C=O) groups excluding carboxylic acids is 1. The molecular formula is C9H12N2O2S. The van der Waals surface area contributed by atoms with Crippen molar-refractivity contribution in [2.75, 3.05) is 11.5 Å². The van der Waals surface area contributed by atoms with E-state index in [1.807, 2.05) is 11.8 Å². The highest BCUT2D eigenvalue weighted by molar-refractivity contribution is 7.99. The molecule has 1 atom stereocenters. The van der Waals surface area contributed by atoms with E-state index in [9.17, 15) is 9.90 Å². The molecule has 0 radical (unpaired) electrons. The van der Waals surface area contributed by atoms with E-state index in [4.69, 9.17) is 0 Å². The summed E-state index contributed by atoms with van der Waals surface area (Å²) in [5, 5.41) is 13.5. The van der Waals surface area contributed by atoms with Crippen molar-refractivity contribution in [2.45, 2.75) is 19.4 Å². The van der Waals surface area contributed by atoms with Crippen molar-refractivity contribution in [2.24, 2.45) is 0 Å². The molecular weight excluding hydrogens is 200 g/mol. The minimum absolute atomic E-state index is 0.00519. The Morgan fingerprint density at radius 1 is 1.79 bits per heavy atom. The normalized spacial score (nSPS) is 21.4. The Bertz CT molecular complexity index is 356. The smallest absolute Gasteiger partial charge is 0.183 e. The maximum absolute atomic E-state index is 11.1. The topological polar surface area (TPSA) is 55.1 Å². The molecule has 4 nitrogen and oxygen atoms in total. The summed E-state index contributed by atoms with van der Waals surface area (Å²) >= 11 is 1.87. The summed E-state index contributed by atoms with van der Waals surface area (Å²) in [6.45, 7) is 1.41. The van der Waals surface area contributed by atoms with Crippen LogP contribution < -0.4 is 0 Å². The Hall–Kier alpha value is -0.970. The van der Waals surface area contributed by atoms with Crippen molar-refractivity contribution in [3.8, 4) is 5.75 Å². The van der Waals surface area contributed by atoms with E-state index >= 15 is 0 Å². The average Bonchev–Trinajstić information content (AvgIpc) is 2.70. The summed E-state index contributed by atoms with van der Waals surface area (Å²) in [5.41, 5.74) is 0.182. The van der Waals surface area contributed by atoms with Crippen molar-refractivity contribution in [1.82, 2.24) is 9.78 Å². The highest BCUT2D eigenvalue weighted by atomic mass is 32.2. The fourth-order valence-electron chi connectivity index (χ4n) is 1.55. The molecule has 5 heteroatoms. The van der Waals surface area contributed by atoms with Gasteiger partial charge in [0.25, 0.3) is 0 Å². The monoisotopic (exact) mass is 212 g/mol. The highest BCUT2D eigenvalue weighted by Crippen LogP contribution is 2.29. The van der Waals surface area contributed by atoms with Crippen LogP contribution in [0.3, 0.4) is 0 Å². The predicted molar refractivity (Wildman–Crippen MR) is 54.9 cm³/mol. The largest absolute Gasteiger partial charge is 0.504 e. The van der Waals surface area contributed by atoms with Gasteiger partial charge in [-0.3, -0.25) is 9.48 Å². The first-order valence-corrected chi connectivity index (χ1v) is 5.70. The Morgan fingerprint density at radius 2 is 2.57 bits per heavy atom. The molecule has 0 aliphatic carbocycles. The number of carbonyl (C=O) groups is 1. The van der Waals surface area contributed by atoms with E-state index < -0.39 is 0 Å². The molecule has 14 heavy (non-hydrogen) atoms. The SMILES string of the molecule is CC(=O)c1nn(C2CCSC2)cc1O. The van der Waals surface area contributed by atoms with E-state index in [0.717, 1.165) is 17.9 Å². The van der Waals surface area contributed by atoms with Gasteiger partial charge in [-0.05, 0) is 12.2 Å². The third kappa shape index (κ3) is 1.64. The van der Waals surface area contributed by atoms with Crippen LogP contribution in [-0.2, 0) is 0 Å². The molecule has 2 rings (SSSR count). The van der Waals surface area contributed by atoms with Crippen LogP contribution in [0.1, 0.15) is 29.9 Å². The Labute approximate surface area is 86.3 Å². The van der Waals surface area contributed by atoms with Gasteiger partial charge in [0, 0.05) is 12.7 Å². The molecule has 76 valence electrons. The quantitative estimate of drug-likeness (QED) is 0.754. The summed E-state index contributed by atoms with van der Waals surface area (Å²) in [6.07, 6.45) is 2.61. The molecule has 1 unspecified atom stereocenters. The number of aromatic nitrogens is 2. The van der Waals surface area contributed by atoms with Crippen LogP contribution >= 0.6 is 11.8 Å². The molecule has 0 aromatic carbocycles. The fourth-order valence-corrected chi connectivity index (χ4v) is 2.75. The van der Waals surface area contributed by atoms with Crippen molar-refractivity contribution >= 4 is 17.5 Å². The lowest BCUT2D eigenvalue weighted by Gasteiger charge is -2.07. The van der Waals surface area contributed by atoms with Crippen molar-refractivity contribution in [1.29, 1.82) is 0 Å².